The minimum atomic E-state index is -0.217. The van der Waals surface area contributed by atoms with Crippen molar-refractivity contribution in [3.8, 4) is 0 Å². The Balaban J connectivity index is 2.31. The van der Waals surface area contributed by atoms with E-state index >= 15 is 0 Å². The summed E-state index contributed by atoms with van der Waals surface area (Å²) in [6.07, 6.45) is 2.95. The first-order valence-electron chi connectivity index (χ1n) is 5.22. The second-order valence-corrected chi connectivity index (χ2v) is 4.08. The summed E-state index contributed by atoms with van der Waals surface area (Å²) in [6, 6.07) is 4.61. The lowest BCUT2D eigenvalue weighted by molar-refractivity contribution is 0.441. The van der Waals surface area contributed by atoms with Crippen LogP contribution in [0.3, 0.4) is 0 Å². The predicted molar refractivity (Wildman–Crippen MR) is 56.0 cm³/mol. The van der Waals surface area contributed by atoms with Gasteiger partial charge in [-0.25, -0.2) is 4.39 Å². The molecule has 1 aliphatic carbocycles. The molecule has 0 aliphatic heterocycles. The number of hydrogen-bond donors (Lipinski definition) is 1. The lowest BCUT2D eigenvalue weighted by Gasteiger charge is -2.16. The van der Waals surface area contributed by atoms with Crippen molar-refractivity contribution in [1.29, 1.82) is 0 Å². The van der Waals surface area contributed by atoms with Gasteiger partial charge in [0.2, 0.25) is 0 Å². The fourth-order valence-corrected chi connectivity index (χ4v) is 2.33. The van der Waals surface area contributed by atoms with Crippen LogP contribution in [0.25, 0.3) is 11.0 Å². The number of nitrogens with two attached hydrogens (primary N) is 1. The van der Waals surface area contributed by atoms with E-state index in [9.17, 15) is 4.39 Å². The molecule has 1 unspecified atom stereocenters. The van der Waals surface area contributed by atoms with Crippen molar-refractivity contribution in [3.05, 3.63) is 35.3 Å². The maximum atomic E-state index is 13.1. The van der Waals surface area contributed by atoms with Gasteiger partial charge >= 0.3 is 0 Å². The van der Waals surface area contributed by atoms with E-state index in [1.165, 1.54) is 12.1 Å². The predicted octanol–water partition coefficient (Wildman–Crippen LogP) is 2.91. The van der Waals surface area contributed by atoms with Gasteiger partial charge in [0, 0.05) is 10.9 Å². The zero-order valence-corrected chi connectivity index (χ0v) is 8.29. The summed E-state index contributed by atoms with van der Waals surface area (Å²) in [7, 11) is 0. The molecule has 1 aromatic heterocycles. The summed E-state index contributed by atoms with van der Waals surface area (Å²) in [5.74, 6) is 0.632. The van der Waals surface area contributed by atoms with Crippen LogP contribution in [0.15, 0.2) is 22.6 Å². The fourth-order valence-electron chi connectivity index (χ4n) is 2.33. The summed E-state index contributed by atoms with van der Waals surface area (Å²) in [6.45, 7) is 0. The van der Waals surface area contributed by atoms with E-state index in [0.717, 1.165) is 41.6 Å². The third kappa shape index (κ3) is 1.27. The van der Waals surface area contributed by atoms with E-state index in [0.29, 0.717) is 0 Å². The Morgan fingerprint density at radius 1 is 1.40 bits per heavy atom. The molecule has 1 atom stereocenters. The molecule has 1 aliphatic rings. The normalized spacial score (nSPS) is 20.5. The van der Waals surface area contributed by atoms with E-state index in [2.05, 4.69) is 0 Å². The lowest BCUT2D eigenvalue weighted by atomic mass is 9.93. The number of halogens is 1. The van der Waals surface area contributed by atoms with E-state index < -0.39 is 0 Å². The van der Waals surface area contributed by atoms with E-state index in [4.69, 9.17) is 10.2 Å². The summed E-state index contributed by atoms with van der Waals surface area (Å²) in [5.41, 5.74) is 7.81. The molecule has 1 aromatic carbocycles. The van der Waals surface area contributed by atoms with Gasteiger partial charge in [-0.2, -0.15) is 0 Å². The van der Waals surface area contributed by atoms with Crippen molar-refractivity contribution in [2.75, 3.05) is 0 Å². The van der Waals surface area contributed by atoms with Crippen LogP contribution in [-0.4, -0.2) is 0 Å². The van der Waals surface area contributed by atoms with Gasteiger partial charge in [0.15, 0.2) is 0 Å². The molecule has 0 radical (unpaired) electrons. The third-order valence-electron chi connectivity index (χ3n) is 3.06. The maximum absolute atomic E-state index is 13.1. The van der Waals surface area contributed by atoms with Crippen LogP contribution in [0.4, 0.5) is 4.39 Å². The first kappa shape index (κ1) is 8.92. The molecule has 3 heteroatoms. The molecule has 1 heterocycles. The monoisotopic (exact) mass is 205 g/mol. The average molecular weight is 205 g/mol. The fraction of sp³-hybridized carbons (Fsp3) is 0.333. The standard InChI is InChI=1S/C12H12FNO/c13-7-4-5-11-9(6-7)8-2-1-3-10(14)12(8)15-11/h4-6,10H,1-3,14H2. The molecule has 0 fully saturated rings. The first-order chi connectivity index (χ1) is 7.25. The Morgan fingerprint density at radius 2 is 2.27 bits per heavy atom. The smallest absolute Gasteiger partial charge is 0.134 e. The van der Waals surface area contributed by atoms with Crippen molar-refractivity contribution >= 4 is 11.0 Å². The largest absolute Gasteiger partial charge is 0.459 e. The van der Waals surface area contributed by atoms with E-state index in [1.54, 1.807) is 6.07 Å². The SMILES string of the molecule is NC1CCCc2c1oc1ccc(F)cc21. The topological polar surface area (TPSA) is 39.2 Å². The Hall–Kier alpha value is -1.35. The van der Waals surface area contributed by atoms with Crippen LogP contribution in [0, 0.1) is 5.82 Å². The van der Waals surface area contributed by atoms with Gasteiger partial charge in [0.25, 0.3) is 0 Å². The van der Waals surface area contributed by atoms with Crippen LogP contribution in [0.1, 0.15) is 30.2 Å². The minimum absolute atomic E-state index is 0.0239. The second kappa shape index (κ2) is 3.07. The van der Waals surface area contributed by atoms with Crippen molar-refractivity contribution < 1.29 is 8.81 Å². The molecule has 15 heavy (non-hydrogen) atoms. The number of rotatable bonds is 0. The first-order valence-corrected chi connectivity index (χ1v) is 5.22. The van der Waals surface area contributed by atoms with Crippen molar-refractivity contribution in [2.24, 2.45) is 5.73 Å². The Kier molecular flexibility index (Phi) is 1.83. The molecule has 2 aromatic rings. The highest BCUT2D eigenvalue weighted by molar-refractivity contribution is 5.82. The molecule has 0 spiro atoms. The molecule has 0 amide bonds. The molecule has 3 rings (SSSR count). The molecular formula is C12H12FNO. The van der Waals surface area contributed by atoms with Crippen LogP contribution in [0.5, 0.6) is 0 Å². The Morgan fingerprint density at radius 3 is 3.13 bits per heavy atom. The van der Waals surface area contributed by atoms with Crippen LogP contribution in [0.2, 0.25) is 0 Å². The number of furan rings is 1. The highest BCUT2D eigenvalue weighted by Crippen LogP contribution is 2.36. The molecular weight excluding hydrogens is 193 g/mol. The van der Waals surface area contributed by atoms with Gasteiger partial charge in [0.05, 0.1) is 6.04 Å². The Labute approximate surface area is 86.9 Å². The van der Waals surface area contributed by atoms with Gasteiger partial charge in [-0.15, -0.1) is 0 Å². The van der Waals surface area contributed by atoms with Gasteiger partial charge in [0.1, 0.15) is 17.2 Å². The quantitative estimate of drug-likeness (QED) is 0.718. The molecule has 2 N–H and O–H groups in total. The lowest BCUT2D eigenvalue weighted by Crippen LogP contribution is -2.15. The summed E-state index contributed by atoms with van der Waals surface area (Å²) in [4.78, 5) is 0. The molecule has 0 saturated heterocycles. The molecule has 0 saturated carbocycles. The second-order valence-electron chi connectivity index (χ2n) is 4.08. The maximum Gasteiger partial charge on any atom is 0.134 e. The van der Waals surface area contributed by atoms with Crippen molar-refractivity contribution in [1.82, 2.24) is 0 Å². The zero-order valence-electron chi connectivity index (χ0n) is 8.29. The minimum Gasteiger partial charge on any atom is -0.459 e. The zero-order chi connectivity index (χ0) is 10.4. The van der Waals surface area contributed by atoms with Crippen LogP contribution in [-0.2, 0) is 6.42 Å². The summed E-state index contributed by atoms with van der Waals surface area (Å²) in [5, 5.41) is 0.889. The number of fused-ring (bicyclic) bond motifs is 3. The van der Waals surface area contributed by atoms with Gasteiger partial charge < -0.3 is 10.2 Å². The summed E-state index contributed by atoms with van der Waals surface area (Å²) < 4.78 is 18.8. The van der Waals surface area contributed by atoms with Gasteiger partial charge in [-0.1, -0.05) is 0 Å². The highest BCUT2D eigenvalue weighted by Gasteiger charge is 2.23. The molecule has 78 valence electrons. The molecule has 2 nitrogen and oxygen atoms in total. The number of aryl methyl sites for hydroxylation is 1. The summed E-state index contributed by atoms with van der Waals surface area (Å²) >= 11 is 0. The van der Waals surface area contributed by atoms with Crippen LogP contribution < -0.4 is 5.73 Å². The Bertz CT molecular complexity index is 518. The van der Waals surface area contributed by atoms with Crippen molar-refractivity contribution in [3.63, 3.8) is 0 Å². The number of benzene rings is 1. The highest BCUT2D eigenvalue weighted by atomic mass is 19.1. The molecule has 0 bridgehead atoms. The van der Waals surface area contributed by atoms with E-state index in [-0.39, 0.29) is 11.9 Å². The van der Waals surface area contributed by atoms with Crippen LogP contribution >= 0.6 is 0 Å². The van der Waals surface area contributed by atoms with Gasteiger partial charge in [-0.3, -0.25) is 0 Å². The number of hydrogen-bond acceptors (Lipinski definition) is 2. The van der Waals surface area contributed by atoms with E-state index in [1.807, 2.05) is 0 Å². The van der Waals surface area contributed by atoms with Crippen molar-refractivity contribution in [2.45, 2.75) is 25.3 Å². The average Bonchev–Trinajstić information content (AvgIpc) is 2.58. The third-order valence-corrected chi connectivity index (χ3v) is 3.06. The van der Waals surface area contributed by atoms with Gasteiger partial charge in [-0.05, 0) is 37.5 Å².